The maximum atomic E-state index is 12.1. The van der Waals surface area contributed by atoms with Crippen LogP contribution in [0.2, 0.25) is 0 Å². The number of nitrogens with zero attached hydrogens (tertiary/aromatic N) is 2. The molecule has 1 heterocycles. The van der Waals surface area contributed by atoms with Crippen molar-refractivity contribution in [2.24, 2.45) is 16.7 Å². The summed E-state index contributed by atoms with van der Waals surface area (Å²) in [6, 6.07) is 0.239. The summed E-state index contributed by atoms with van der Waals surface area (Å²) < 4.78 is 1.52. The van der Waals surface area contributed by atoms with Crippen molar-refractivity contribution >= 4 is 6.03 Å². The maximum Gasteiger partial charge on any atom is 0.327 e. The van der Waals surface area contributed by atoms with Crippen LogP contribution in [0.15, 0.2) is 18.7 Å². The number of aromatic nitrogens is 2. The zero-order valence-electron chi connectivity index (χ0n) is 11.3. The number of rotatable bonds is 1. The number of carbonyl (C=O) groups excluding carboxylic acids is 1. The second-order valence-corrected chi connectivity index (χ2v) is 6.58. The van der Waals surface area contributed by atoms with Gasteiger partial charge in [0.15, 0.2) is 0 Å². The maximum absolute atomic E-state index is 12.1. The summed E-state index contributed by atoms with van der Waals surface area (Å²) in [5.41, 5.74) is 0.563. The molecule has 4 nitrogen and oxygen atoms in total. The van der Waals surface area contributed by atoms with Gasteiger partial charge in [-0.25, -0.2) is 9.78 Å². The summed E-state index contributed by atoms with van der Waals surface area (Å²) in [5, 5.41) is 3.19. The summed E-state index contributed by atoms with van der Waals surface area (Å²) in [6.07, 6.45) is 8.52. The third-order valence-electron chi connectivity index (χ3n) is 5.83. The highest BCUT2D eigenvalue weighted by Crippen LogP contribution is 2.65. The van der Waals surface area contributed by atoms with Crippen LogP contribution in [-0.2, 0) is 0 Å². The molecule has 2 bridgehead atoms. The van der Waals surface area contributed by atoms with Crippen molar-refractivity contribution in [3.8, 4) is 0 Å². The van der Waals surface area contributed by atoms with Gasteiger partial charge in [-0.2, -0.15) is 0 Å². The van der Waals surface area contributed by atoms with Crippen LogP contribution in [0.1, 0.15) is 40.0 Å². The third-order valence-corrected chi connectivity index (χ3v) is 5.83. The van der Waals surface area contributed by atoms with E-state index in [2.05, 4.69) is 31.1 Å². The first kappa shape index (κ1) is 11.8. The average molecular weight is 247 g/mol. The van der Waals surface area contributed by atoms with E-state index in [0.717, 1.165) is 12.3 Å². The number of fused-ring (bicyclic) bond motifs is 2. The molecule has 1 amide bonds. The first-order valence-electron chi connectivity index (χ1n) is 6.74. The Bertz CT molecular complexity index is 465. The van der Waals surface area contributed by atoms with Crippen LogP contribution in [0.25, 0.3) is 0 Å². The molecule has 0 aromatic carbocycles. The molecule has 2 fully saturated rings. The molecule has 1 aromatic heterocycles. The Labute approximate surface area is 108 Å². The van der Waals surface area contributed by atoms with E-state index in [-0.39, 0.29) is 11.4 Å². The van der Waals surface area contributed by atoms with Gasteiger partial charge in [-0.05, 0) is 36.0 Å². The van der Waals surface area contributed by atoms with Crippen molar-refractivity contribution < 1.29 is 4.79 Å². The fourth-order valence-corrected chi connectivity index (χ4v) is 4.02. The zero-order valence-corrected chi connectivity index (χ0v) is 11.3. The molecule has 2 aliphatic carbocycles. The van der Waals surface area contributed by atoms with Crippen LogP contribution in [-0.4, -0.2) is 21.6 Å². The minimum Gasteiger partial charge on any atom is -0.334 e. The van der Waals surface area contributed by atoms with Gasteiger partial charge in [0.2, 0.25) is 0 Å². The van der Waals surface area contributed by atoms with E-state index in [0.29, 0.717) is 11.5 Å². The molecule has 1 N–H and O–H groups in total. The second-order valence-electron chi connectivity index (χ2n) is 6.58. The minimum absolute atomic E-state index is 0.0536. The quantitative estimate of drug-likeness (QED) is 0.829. The van der Waals surface area contributed by atoms with Crippen molar-refractivity contribution in [1.82, 2.24) is 14.9 Å². The van der Waals surface area contributed by atoms with Crippen LogP contribution < -0.4 is 5.32 Å². The first-order valence-corrected chi connectivity index (χ1v) is 6.74. The van der Waals surface area contributed by atoms with Crippen LogP contribution in [0.5, 0.6) is 0 Å². The fourth-order valence-electron chi connectivity index (χ4n) is 4.02. The Hall–Kier alpha value is -1.32. The lowest BCUT2D eigenvalue weighted by Crippen LogP contribution is -2.47. The van der Waals surface area contributed by atoms with Gasteiger partial charge in [0, 0.05) is 18.4 Å². The molecule has 3 rings (SSSR count). The summed E-state index contributed by atoms with van der Waals surface area (Å²) in [5.74, 6) is 0.746. The highest BCUT2D eigenvalue weighted by atomic mass is 16.2. The fraction of sp³-hybridized carbons (Fsp3) is 0.714. The van der Waals surface area contributed by atoms with Gasteiger partial charge in [-0.1, -0.05) is 20.8 Å². The highest BCUT2D eigenvalue weighted by molar-refractivity contribution is 5.76. The SMILES string of the molecule is CC1(C)C2CCC1(C)C(NC(=O)n1ccnc1)C2. The summed E-state index contributed by atoms with van der Waals surface area (Å²) in [6.45, 7) is 7.04. The smallest absolute Gasteiger partial charge is 0.327 e. The lowest BCUT2D eigenvalue weighted by Gasteiger charge is -2.39. The molecular weight excluding hydrogens is 226 g/mol. The van der Waals surface area contributed by atoms with Crippen LogP contribution in [0.4, 0.5) is 4.79 Å². The number of imidazole rings is 1. The number of hydrogen-bond acceptors (Lipinski definition) is 2. The van der Waals surface area contributed by atoms with Gasteiger partial charge in [-0.3, -0.25) is 4.57 Å². The topological polar surface area (TPSA) is 46.9 Å². The second kappa shape index (κ2) is 3.59. The number of nitrogens with one attached hydrogen (secondary N) is 1. The minimum atomic E-state index is -0.0536. The predicted octanol–water partition coefficient (Wildman–Crippen LogP) is 2.66. The summed E-state index contributed by atoms with van der Waals surface area (Å²) in [7, 11) is 0. The molecule has 3 unspecified atom stereocenters. The van der Waals surface area contributed by atoms with E-state index in [4.69, 9.17) is 0 Å². The summed E-state index contributed by atoms with van der Waals surface area (Å²) in [4.78, 5) is 16.0. The molecule has 2 saturated carbocycles. The van der Waals surface area contributed by atoms with Crippen LogP contribution >= 0.6 is 0 Å². The monoisotopic (exact) mass is 247 g/mol. The Balaban J connectivity index is 1.78. The molecule has 18 heavy (non-hydrogen) atoms. The molecule has 0 radical (unpaired) electrons. The molecule has 0 aliphatic heterocycles. The average Bonchev–Trinajstić information content (AvgIpc) is 2.95. The molecule has 1 aromatic rings. The Morgan fingerprint density at radius 1 is 1.44 bits per heavy atom. The van der Waals surface area contributed by atoms with E-state index in [1.54, 1.807) is 18.7 Å². The molecular formula is C14H21N3O. The van der Waals surface area contributed by atoms with E-state index in [1.165, 1.54) is 17.4 Å². The molecule has 0 saturated heterocycles. The molecule has 4 heteroatoms. The Morgan fingerprint density at radius 2 is 2.22 bits per heavy atom. The Morgan fingerprint density at radius 3 is 2.72 bits per heavy atom. The van der Waals surface area contributed by atoms with Gasteiger partial charge in [0.05, 0.1) is 0 Å². The van der Waals surface area contributed by atoms with Crippen molar-refractivity contribution in [3.05, 3.63) is 18.7 Å². The molecule has 2 aliphatic rings. The van der Waals surface area contributed by atoms with E-state index < -0.39 is 0 Å². The zero-order chi connectivity index (χ0) is 13.0. The van der Waals surface area contributed by atoms with Crippen molar-refractivity contribution in [1.29, 1.82) is 0 Å². The number of carbonyl (C=O) groups is 1. The Kier molecular flexibility index (Phi) is 2.34. The van der Waals surface area contributed by atoms with Crippen molar-refractivity contribution in [2.75, 3.05) is 0 Å². The standard InChI is InChI=1S/C14H21N3O/c1-13(2)10-4-5-14(13,3)11(8-10)16-12(18)17-7-6-15-9-17/h6-7,9-11H,4-5,8H2,1-3H3,(H,16,18). The van der Waals surface area contributed by atoms with Gasteiger partial charge in [0.1, 0.15) is 6.33 Å². The van der Waals surface area contributed by atoms with Crippen molar-refractivity contribution in [3.63, 3.8) is 0 Å². The molecule has 0 spiro atoms. The van der Waals surface area contributed by atoms with Gasteiger partial charge in [-0.15, -0.1) is 0 Å². The lowest BCUT2D eigenvalue weighted by molar-refractivity contribution is 0.123. The van der Waals surface area contributed by atoms with Gasteiger partial charge < -0.3 is 5.32 Å². The van der Waals surface area contributed by atoms with Crippen molar-refractivity contribution in [2.45, 2.75) is 46.1 Å². The normalized spacial score (nSPS) is 36.8. The molecule has 98 valence electrons. The number of hydrogen-bond donors (Lipinski definition) is 1. The third kappa shape index (κ3) is 1.38. The largest absolute Gasteiger partial charge is 0.334 e. The van der Waals surface area contributed by atoms with Gasteiger partial charge in [0.25, 0.3) is 0 Å². The molecule has 3 atom stereocenters. The van der Waals surface area contributed by atoms with E-state index in [1.807, 2.05) is 0 Å². The van der Waals surface area contributed by atoms with Crippen LogP contribution in [0, 0.1) is 16.7 Å². The van der Waals surface area contributed by atoms with E-state index >= 15 is 0 Å². The number of amides is 1. The van der Waals surface area contributed by atoms with E-state index in [9.17, 15) is 4.79 Å². The summed E-state index contributed by atoms with van der Waals surface area (Å²) >= 11 is 0. The highest BCUT2D eigenvalue weighted by Gasteiger charge is 2.61. The predicted molar refractivity (Wildman–Crippen MR) is 69.2 cm³/mol. The van der Waals surface area contributed by atoms with Gasteiger partial charge >= 0.3 is 6.03 Å². The first-order chi connectivity index (χ1) is 8.45. The lowest BCUT2D eigenvalue weighted by atomic mass is 9.69. The van der Waals surface area contributed by atoms with Crippen LogP contribution in [0.3, 0.4) is 0 Å².